The summed E-state index contributed by atoms with van der Waals surface area (Å²) in [7, 11) is 0. The minimum atomic E-state index is -0.129. The fourth-order valence-electron chi connectivity index (χ4n) is 3.55. The maximum absolute atomic E-state index is 11.5. The van der Waals surface area contributed by atoms with Gasteiger partial charge in [-0.15, -0.1) is 0 Å². The minimum Gasteiger partial charge on any atom is -0.466 e. The van der Waals surface area contributed by atoms with Crippen molar-refractivity contribution >= 4 is 46.2 Å². The Kier molecular flexibility index (Phi) is 7.26. The topological polar surface area (TPSA) is 101 Å². The summed E-state index contributed by atoms with van der Waals surface area (Å²) in [6, 6.07) is 5.56. The Morgan fingerprint density at radius 1 is 1.25 bits per heavy atom. The van der Waals surface area contributed by atoms with Gasteiger partial charge in [0.05, 0.1) is 17.1 Å². The number of pyridine rings is 1. The van der Waals surface area contributed by atoms with E-state index < -0.39 is 0 Å². The zero-order valence-corrected chi connectivity index (χ0v) is 19.4. The van der Waals surface area contributed by atoms with Crippen LogP contribution in [0.25, 0.3) is 11.0 Å². The van der Waals surface area contributed by atoms with E-state index in [1.165, 1.54) is 11.8 Å². The van der Waals surface area contributed by atoms with Gasteiger partial charge in [-0.1, -0.05) is 24.4 Å². The van der Waals surface area contributed by atoms with E-state index in [1.807, 2.05) is 19.1 Å². The van der Waals surface area contributed by atoms with Gasteiger partial charge in [0.15, 0.2) is 22.5 Å². The second-order valence-corrected chi connectivity index (χ2v) is 8.73. The molecule has 1 aliphatic rings. The van der Waals surface area contributed by atoms with E-state index in [1.54, 1.807) is 12.3 Å². The SMILES string of the molecule is CCOC(=O)CCCCCCn1c(Sc2cc3c(cc2Cl)OCO3)nc2c(N)nccc21. The summed E-state index contributed by atoms with van der Waals surface area (Å²) in [5.74, 6) is 1.58. The van der Waals surface area contributed by atoms with E-state index in [9.17, 15) is 4.79 Å². The third kappa shape index (κ3) is 5.05. The first kappa shape index (κ1) is 22.5. The van der Waals surface area contributed by atoms with Gasteiger partial charge in [-0.05, 0) is 43.7 Å². The first-order valence-corrected chi connectivity index (χ1v) is 11.8. The zero-order chi connectivity index (χ0) is 22.5. The Labute approximate surface area is 195 Å². The molecule has 4 rings (SSSR count). The summed E-state index contributed by atoms with van der Waals surface area (Å²) >= 11 is 7.94. The van der Waals surface area contributed by atoms with Gasteiger partial charge in [-0.3, -0.25) is 4.79 Å². The van der Waals surface area contributed by atoms with E-state index >= 15 is 0 Å². The lowest BCUT2D eigenvalue weighted by atomic mass is 10.1. The molecule has 2 aromatic heterocycles. The molecular formula is C22H25ClN4O4S. The molecule has 0 bridgehead atoms. The number of nitrogens with two attached hydrogens (primary N) is 1. The molecule has 3 heterocycles. The number of imidazole rings is 1. The summed E-state index contributed by atoms with van der Waals surface area (Å²) in [5, 5.41) is 1.36. The Bertz CT molecular complexity index is 1120. The number of ether oxygens (including phenoxy) is 3. The zero-order valence-electron chi connectivity index (χ0n) is 17.8. The average molecular weight is 477 g/mol. The maximum Gasteiger partial charge on any atom is 0.305 e. The van der Waals surface area contributed by atoms with Gasteiger partial charge in [0.2, 0.25) is 6.79 Å². The van der Waals surface area contributed by atoms with Crippen LogP contribution in [0.4, 0.5) is 5.82 Å². The van der Waals surface area contributed by atoms with Gasteiger partial charge in [0.25, 0.3) is 0 Å². The van der Waals surface area contributed by atoms with Gasteiger partial charge in [-0.2, -0.15) is 0 Å². The highest BCUT2D eigenvalue weighted by Gasteiger charge is 2.20. The van der Waals surface area contributed by atoms with Crippen molar-refractivity contribution in [1.29, 1.82) is 0 Å². The summed E-state index contributed by atoms with van der Waals surface area (Å²) in [6.07, 6.45) is 5.89. The summed E-state index contributed by atoms with van der Waals surface area (Å²) in [5.41, 5.74) is 7.69. The molecule has 1 aliphatic heterocycles. The predicted molar refractivity (Wildman–Crippen MR) is 123 cm³/mol. The van der Waals surface area contributed by atoms with E-state index in [4.69, 9.17) is 36.5 Å². The van der Waals surface area contributed by atoms with Crippen molar-refractivity contribution in [2.75, 3.05) is 19.1 Å². The Balaban J connectivity index is 1.48. The van der Waals surface area contributed by atoms with Gasteiger partial charge >= 0.3 is 5.97 Å². The number of carbonyl (C=O) groups is 1. The second kappa shape index (κ2) is 10.3. The third-order valence-corrected chi connectivity index (χ3v) is 6.58. The molecule has 0 atom stereocenters. The molecule has 0 saturated carbocycles. The quantitative estimate of drug-likeness (QED) is 0.320. The summed E-state index contributed by atoms with van der Waals surface area (Å²) in [6.45, 7) is 3.21. The van der Waals surface area contributed by atoms with E-state index in [0.717, 1.165) is 47.8 Å². The fourth-order valence-corrected chi connectivity index (χ4v) is 4.77. The lowest BCUT2D eigenvalue weighted by Gasteiger charge is -2.10. The molecule has 0 saturated heterocycles. The number of rotatable bonds is 10. The maximum atomic E-state index is 11.5. The molecule has 0 fully saturated rings. The average Bonchev–Trinajstić information content (AvgIpc) is 3.36. The van der Waals surface area contributed by atoms with Crippen molar-refractivity contribution < 1.29 is 19.0 Å². The molecule has 32 heavy (non-hydrogen) atoms. The normalized spacial score (nSPS) is 12.4. The van der Waals surface area contributed by atoms with Crippen LogP contribution in [0.2, 0.25) is 5.02 Å². The van der Waals surface area contributed by atoms with Gasteiger partial charge in [0.1, 0.15) is 5.52 Å². The van der Waals surface area contributed by atoms with E-state index in [2.05, 4.69) is 9.55 Å². The minimum absolute atomic E-state index is 0.129. The lowest BCUT2D eigenvalue weighted by molar-refractivity contribution is -0.143. The van der Waals surface area contributed by atoms with Crippen LogP contribution in [0, 0.1) is 0 Å². The molecule has 1 aromatic carbocycles. The number of unbranched alkanes of at least 4 members (excludes halogenated alkanes) is 3. The number of aryl methyl sites for hydroxylation is 1. The third-order valence-electron chi connectivity index (χ3n) is 5.11. The van der Waals surface area contributed by atoms with Crippen LogP contribution < -0.4 is 15.2 Å². The molecule has 170 valence electrons. The number of nitrogens with zero attached hydrogens (tertiary/aromatic N) is 3. The number of aromatic nitrogens is 3. The Morgan fingerprint density at radius 2 is 2.03 bits per heavy atom. The van der Waals surface area contributed by atoms with Gasteiger partial charge in [-0.25, -0.2) is 9.97 Å². The van der Waals surface area contributed by atoms with Crippen LogP contribution in [0.3, 0.4) is 0 Å². The van der Waals surface area contributed by atoms with Gasteiger partial charge in [0, 0.05) is 30.1 Å². The molecule has 0 spiro atoms. The molecule has 10 heteroatoms. The largest absolute Gasteiger partial charge is 0.466 e. The first-order valence-electron chi connectivity index (χ1n) is 10.6. The number of esters is 1. The van der Waals surface area contributed by atoms with Crippen molar-refractivity contribution in [3.8, 4) is 11.5 Å². The molecule has 2 N–H and O–H groups in total. The van der Waals surface area contributed by atoms with Crippen molar-refractivity contribution in [2.45, 2.75) is 55.6 Å². The predicted octanol–water partition coefficient (Wildman–Crippen LogP) is 5.06. The highest BCUT2D eigenvalue weighted by molar-refractivity contribution is 7.99. The van der Waals surface area contributed by atoms with Crippen LogP contribution >= 0.6 is 23.4 Å². The highest BCUT2D eigenvalue weighted by Crippen LogP contribution is 2.43. The molecular weight excluding hydrogens is 452 g/mol. The number of carbonyl (C=O) groups excluding carboxylic acids is 1. The Morgan fingerprint density at radius 3 is 2.84 bits per heavy atom. The number of hydrogen-bond donors (Lipinski definition) is 1. The highest BCUT2D eigenvalue weighted by atomic mass is 35.5. The van der Waals surface area contributed by atoms with Crippen LogP contribution in [-0.2, 0) is 16.1 Å². The van der Waals surface area contributed by atoms with Crippen LogP contribution in [0.15, 0.2) is 34.4 Å². The molecule has 8 nitrogen and oxygen atoms in total. The van der Waals surface area contributed by atoms with Crippen molar-refractivity contribution in [3.63, 3.8) is 0 Å². The molecule has 0 amide bonds. The number of nitrogen functional groups attached to an aromatic ring is 1. The second-order valence-electron chi connectivity index (χ2n) is 7.32. The summed E-state index contributed by atoms with van der Waals surface area (Å²) < 4.78 is 18.0. The van der Waals surface area contributed by atoms with Crippen LogP contribution in [-0.4, -0.2) is 33.9 Å². The van der Waals surface area contributed by atoms with Crippen molar-refractivity contribution in [2.24, 2.45) is 0 Å². The molecule has 0 radical (unpaired) electrons. The van der Waals surface area contributed by atoms with Crippen molar-refractivity contribution in [3.05, 3.63) is 29.4 Å². The Hall–Kier alpha value is -2.65. The smallest absolute Gasteiger partial charge is 0.305 e. The monoisotopic (exact) mass is 476 g/mol. The van der Waals surface area contributed by atoms with Gasteiger partial charge < -0.3 is 24.5 Å². The summed E-state index contributed by atoms with van der Waals surface area (Å²) in [4.78, 5) is 21.2. The molecule has 3 aromatic rings. The van der Waals surface area contributed by atoms with E-state index in [0.29, 0.717) is 40.9 Å². The number of benzene rings is 1. The number of halogens is 1. The molecule has 0 aliphatic carbocycles. The fraction of sp³-hybridized carbons (Fsp3) is 0.409. The lowest BCUT2D eigenvalue weighted by Crippen LogP contribution is -2.03. The molecule has 0 unspecified atom stereocenters. The van der Waals surface area contributed by atoms with Crippen LogP contribution in [0.1, 0.15) is 39.0 Å². The number of anilines is 1. The number of hydrogen-bond acceptors (Lipinski definition) is 8. The standard InChI is InChI=1S/C22H25ClN4O4S/c1-2-29-19(28)7-5-3-4-6-10-27-15-8-9-25-21(24)20(15)26-22(27)32-18-12-17-16(11-14(18)23)30-13-31-17/h8-9,11-12H,2-7,10,13H2,1H3,(H2,24,25). The van der Waals surface area contributed by atoms with Crippen molar-refractivity contribution in [1.82, 2.24) is 14.5 Å². The van der Waals surface area contributed by atoms with Crippen LogP contribution in [0.5, 0.6) is 11.5 Å². The first-order chi connectivity index (χ1) is 15.6. The van der Waals surface area contributed by atoms with E-state index in [-0.39, 0.29) is 12.8 Å². The number of fused-ring (bicyclic) bond motifs is 2.